The smallest absolute Gasteiger partial charge is 0.316 e. The molecule has 1 atom stereocenters. The molecular weight excluding hydrogens is 302 g/mol. The quantitative estimate of drug-likeness (QED) is 0.849. The van der Waals surface area contributed by atoms with E-state index in [9.17, 15) is 26.3 Å². The van der Waals surface area contributed by atoms with Gasteiger partial charge in [0.2, 0.25) is 0 Å². The molecule has 21 heavy (non-hydrogen) atoms. The molecule has 0 saturated carbocycles. The van der Waals surface area contributed by atoms with Crippen molar-refractivity contribution in [2.24, 2.45) is 5.92 Å². The lowest BCUT2D eigenvalue weighted by atomic mass is 9.95. The zero-order valence-corrected chi connectivity index (χ0v) is 11.6. The van der Waals surface area contributed by atoms with E-state index in [-0.39, 0.29) is 11.9 Å². The van der Waals surface area contributed by atoms with Crippen LogP contribution in [0.5, 0.6) is 0 Å². The van der Waals surface area contributed by atoms with Gasteiger partial charge < -0.3 is 5.32 Å². The molecule has 0 aliphatic carbocycles. The van der Waals surface area contributed by atoms with Gasteiger partial charge in [-0.3, -0.25) is 0 Å². The molecule has 0 bridgehead atoms. The number of nitrogens with zero attached hydrogens (tertiary/aromatic N) is 3. The number of rotatable bonds is 5. The van der Waals surface area contributed by atoms with Crippen molar-refractivity contribution in [1.82, 2.24) is 20.1 Å². The molecule has 1 rings (SSSR count). The minimum atomic E-state index is -5.39. The Balaban J connectivity index is 3.08. The van der Waals surface area contributed by atoms with Crippen molar-refractivity contribution in [3.63, 3.8) is 0 Å². The number of alkyl halides is 6. The van der Waals surface area contributed by atoms with Crippen molar-refractivity contribution < 1.29 is 26.3 Å². The van der Waals surface area contributed by atoms with Gasteiger partial charge >= 0.3 is 12.4 Å². The molecule has 1 aromatic heterocycles. The minimum absolute atomic E-state index is 0.0721. The summed E-state index contributed by atoms with van der Waals surface area (Å²) < 4.78 is 77.7. The van der Waals surface area contributed by atoms with Crippen molar-refractivity contribution in [2.45, 2.75) is 44.7 Å². The summed E-state index contributed by atoms with van der Waals surface area (Å²) in [6, 6.07) is -2.08. The lowest BCUT2D eigenvalue weighted by molar-refractivity contribution is -0.291. The van der Waals surface area contributed by atoms with Crippen LogP contribution in [0.15, 0.2) is 6.33 Å². The Morgan fingerprint density at radius 2 is 1.67 bits per heavy atom. The predicted molar refractivity (Wildman–Crippen MR) is 62.6 cm³/mol. The lowest BCUT2D eigenvalue weighted by Gasteiger charge is -2.30. The van der Waals surface area contributed by atoms with Crippen LogP contribution in [0.2, 0.25) is 0 Å². The maximum absolute atomic E-state index is 12.7. The summed E-state index contributed by atoms with van der Waals surface area (Å²) in [4.78, 5) is 3.75. The lowest BCUT2D eigenvalue weighted by Crippen LogP contribution is -2.51. The van der Waals surface area contributed by atoms with Gasteiger partial charge in [-0.25, -0.2) is 9.67 Å². The Bertz CT molecular complexity index is 436. The Kier molecular flexibility index (Phi) is 5.24. The van der Waals surface area contributed by atoms with E-state index in [4.69, 9.17) is 0 Å². The summed E-state index contributed by atoms with van der Waals surface area (Å²) in [6.45, 7) is 3.41. The molecule has 0 amide bonds. The van der Waals surface area contributed by atoms with Gasteiger partial charge in [-0.05, 0) is 20.9 Å². The molecule has 0 saturated heterocycles. The molecule has 1 aromatic rings. The second-order valence-corrected chi connectivity index (χ2v) is 4.87. The summed E-state index contributed by atoms with van der Waals surface area (Å²) >= 11 is 0. The molecule has 0 fully saturated rings. The zero-order chi connectivity index (χ0) is 16.4. The van der Waals surface area contributed by atoms with Crippen LogP contribution in [0.4, 0.5) is 26.3 Å². The van der Waals surface area contributed by atoms with Crippen LogP contribution in [0.25, 0.3) is 0 Å². The molecule has 122 valence electrons. The predicted octanol–water partition coefficient (Wildman–Crippen LogP) is 2.73. The number of nitrogens with one attached hydrogen (secondary N) is 1. The molecule has 0 aromatic carbocycles. The van der Waals surface area contributed by atoms with Crippen molar-refractivity contribution in [3.8, 4) is 0 Å². The van der Waals surface area contributed by atoms with Gasteiger partial charge in [0.15, 0.2) is 5.92 Å². The van der Waals surface area contributed by atoms with Crippen LogP contribution >= 0.6 is 0 Å². The summed E-state index contributed by atoms with van der Waals surface area (Å²) in [5.74, 6) is -3.39. The van der Waals surface area contributed by atoms with E-state index in [2.05, 4.69) is 15.4 Å². The maximum Gasteiger partial charge on any atom is 0.402 e. The molecular formula is C11H16F6N4. The number of hydrogen-bond donors (Lipinski definition) is 1. The molecule has 0 aliphatic heterocycles. The highest BCUT2D eigenvalue weighted by Gasteiger charge is 2.60. The number of aromatic nitrogens is 3. The third kappa shape index (κ3) is 4.32. The monoisotopic (exact) mass is 318 g/mol. The highest BCUT2D eigenvalue weighted by Crippen LogP contribution is 2.42. The SMILES string of the molecule is CNC(Cc1ncnn1C(C)C)C(C(F)(F)F)C(F)(F)F. The number of likely N-dealkylation sites (N-methyl/N-ethyl adjacent to an activating group) is 1. The van der Waals surface area contributed by atoms with Crippen molar-refractivity contribution in [3.05, 3.63) is 12.2 Å². The van der Waals surface area contributed by atoms with E-state index in [0.717, 1.165) is 13.4 Å². The first kappa shape index (κ1) is 17.7. The van der Waals surface area contributed by atoms with Crippen LogP contribution < -0.4 is 5.32 Å². The van der Waals surface area contributed by atoms with E-state index in [1.807, 2.05) is 0 Å². The van der Waals surface area contributed by atoms with Gasteiger partial charge in [0, 0.05) is 18.5 Å². The van der Waals surface area contributed by atoms with Crippen LogP contribution in [-0.2, 0) is 6.42 Å². The zero-order valence-electron chi connectivity index (χ0n) is 11.6. The van der Waals surface area contributed by atoms with Crippen LogP contribution in [0.3, 0.4) is 0 Å². The van der Waals surface area contributed by atoms with E-state index in [1.165, 1.54) is 4.68 Å². The fourth-order valence-corrected chi connectivity index (χ4v) is 2.08. The molecule has 1 N–H and O–H groups in total. The normalized spacial score (nSPS) is 15.0. The molecule has 1 unspecified atom stereocenters. The topological polar surface area (TPSA) is 42.7 Å². The van der Waals surface area contributed by atoms with E-state index < -0.39 is 30.7 Å². The fraction of sp³-hybridized carbons (Fsp3) is 0.818. The van der Waals surface area contributed by atoms with Gasteiger partial charge in [0.1, 0.15) is 12.2 Å². The number of halogens is 6. The largest absolute Gasteiger partial charge is 0.402 e. The van der Waals surface area contributed by atoms with Crippen molar-refractivity contribution in [2.75, 3.05) is 7.05 Å². The molecule has 0 radical (unpaired) electrons. The Labute approximate surface area is 117 Å². The first-order chi connectivity index (χ1) is 9.48. The highest BCUT2D eigenvalue weighted by atomic mass is 19.4. The van der Waals surface area contributed by atoms with Gasteiger partial charge in [-0.2, -0.15) is 31.4 Å². The fourth-order valence-electron chi connectivity index (χ4n) is 2.08. The van der Waals surface area contributed by atoms with Gasteiger partial charge in [-0.15, -0.1) is 0 Å². The van der Waals surface area contributed by atoms with Gasteiger partial charge in [0.05, 0.1) is 0 Å². The Hall–Kier alpha value is -1.32. The molecule has 0 spiro atoms. The second-order valence-electron chi connectivity index (χ2n) is 4.87. The molecule has 0 aliphatic rings. The third-order valence-electron chi connectivity index (χ3n) is 3.02. The molecule has 10 heteroatoms. The van der Waals surface area contributed by atoms with Crippen LogP contribution in [-0.4, -0.2) is 40.2 Å². The first-order valence-electron chi connectivity index (χ1n) is 6.17. The third-order valence-corrected chi connectivity index (χ3v) is 3.02. The Morgan fingerprint density at radius 3 is 2.05 bits per heavy atom. The van der Waals surface area contributed by atoms with E-state index in [0.29, 0.717) is 0 Å². The Morgan fingerprint density at radius 1 is 1.14 bits per heavy atom. The van der Waals surface area contributed by atoms with Gasteiger partial charge in [0.25, 0.3) is 0 Å². The summed E-state index contributed by atoms with van der Waals surface area (Å²) in [7, 11) is 1.06. The molecule has 1 heterocycles. The standard InChI is InChI=1S/C11H16F6N4/c1-6(2)21-8(19-5-20-21)4-7(18-3)9(10(12,13)14)11(15,16)17/h5-7,9,18H,4H2,1-3H3. The summed E-state index contributed by atoms with van der Waals surface area (Å²) in [6.07, 6.45) is -10.2. The van der Waals surface area contributed by atoms with E-state index in [1.54, 1.807) is 13.8 Å². The van der Waals surface area contributed by atoms with Crippen LogP contribution in [0, 0.1) is 5.92 Å². The average molecular weight is 318 g/mol. The van der Waals surface area contributed by atoms with Crippen molar-refractivity contribution in [1.29, 1.82) is 0 Å². The van der Waals surface area contributed by atoms with E-state index >= 15 is 0 Å². The average Bonchev–Trinajstić information content (AvgIpc) is 2.72. The summed E-state index contributed by atoms with van der Waals surface area (Å²) in [5, 5.41) is 5.90. The van der Waals surface area contributed by atoms with Crippen LogP contribution in [0.1, 0.15) is 25.7 Å². The highest BCUT2D eigenvalue weighted by molar-refractivity contribution is 4.96. The number of hydrogen-bond acceptors (Lipinski definition) is 3. The summed E-state index contributed by atoms with van der Waals surface area (Å²) in [5.41, 5.74) is 0. The second kappa shape index (κ2) is 6.20. The minimum Gasteiger partial charge on any atom is -0.316 e. The van der Waals surface area contributed by atoms with Gasteiger partial charge in [-0.1, -0.05) is 0 Å². The first-order valence-corrected chi connectivity index (χ1v) is 6.17. The van der Waals surface area contributed by atoms with Crippen molar-refractivity contribution >= 4 is 0 Å². The molecule has 4 nitrogen and oxygen atoms in total. The maximum atomic E-state index is 12.7.